The second kappa shape index (κ2) is 5.45. The Hall–Kier alpha value is -3.16. The van der Waals surface area contributed by atoms with Crippen LogP contribution in [0, 0.1) is 27.2 Å². The number of rotatable bonds is 4. The van der Waals surface area contributed by atoms with Crippen molar-refractivity contribution in [2.45, 2.75) is 6.92 Å². The van der Waals surface area contributed by atoms with Crippen LogP contribution in [0.4, 0.5) is 22.7 Å². The highest BCUT2D eigenvalue weighted by Crippen LogP contribution is 2.36. The lowest BCUT2D eigenvalue weighted by Gasteiger charge is -2.11. The summed E-state index contributed by atoms with van der Waals surface area (Å²) in [5, 5.41) is 34.3. The number of nitro benzene ring substituents is 2. The predicted molar refractivity (Wildman–Crippen MR) is 75.9 cm³/mol. The molecule has 2 rings (SSSR count). The lowest BCUT2D eigenvalue weighted by molar-refractivity contribution is -0.393. The van der Waals surface area contributed by atoms with Crippen LogP contribution in [0.1, 0.15) is 5.56 Å². The predicted octanol–water partition coefficient (Wildman–Crippen LogP) is 3.26. The van der Waals surface area contributed by atoms with Gasteiger partial charge in [0.25, 0.3) is 11.4 Å². The lowest BCUT2D eigenvalue weighted by atomic mass is 10.1. The van der Waals surface area contributed by atoms with Gasteiger partial charge in [0.15, 0.2) is 0 Å². The number of phenolic OH excluding ortho intramolecular Hbond substituents is 1. The summed E-state index contributed by atoms with van der Waals surface area (Å²) in [6.07, 6.45) is 0. The molecule has 2 aromatic rings. The lowest BCUT2D eigenvalue weighted by Crippen LogP contribution is -2.01. The number of nitrogens with zero attached hydrogens (tertiary/aromatic N) is 2. The van der Waals surface area contributed by atoms with E-state index in [4.69, 9.17) is 0 Å². The summed E-state index contributed by atoms with van der Waals surface area (Å²) in [4.78, 5) is 20.5. The van der Waals surface area contributed by atoms with Crippen LogP contribution in [0.15, 0.2) is 36.4 Å². The number of aromatic hydroxyl groups is 1. The minimum absolute atomic E-state index is 0.0791. The molecule has 0 bridgehead atoms. The highest BCUT2D eigenvalue weighted by Gasteiger charge is 2.23. The van der Waals surface area contributed by atoms with Gasteiger partial charge < -0.3 is 10.4 Å². The summed E-state index contributed by atoms with van der Waals surface area (Å²) in [5.74, 6) is -0.0791. The molecule has 0 aromatic heterocycles. The molecular formula is C13H11N3O5. The Kier molecular flexibility index (Phi) is 3.70. The van der Waals surface area contributed by atoms with Gasteiger partial charge in [-0.15, -0.1) is 0 Å². The number of aryl methyl sites for hydroxylation is 1. The fourth-order valence-corrected chi connectivity index (χ4v) is 1.88. The van der Waals surface area contributed by atoms with Crippen molar-refractivity contribution in [3.63, 3.8) is 0 Å². The molecule has 0 aliphatic heterocycles. The Morgan fingerprint density at radius 1 is 1.10 bits per heavy atom. The van der Waals surface area contributed by atoms with Crippen LogP contribution in [0.25, 0.3) is 0 Å². The minimum atomic E-state index is -0.706. The molecule has 0 spiro atoms. The zero-order valence-corrected chi connectivity index (χ0v) is 10.9. The zero-order valence-electron chi connectivity index (χ0n) is 10.9. The maximum Gasteiger partial charge on any atom is 0.299 e. The van der Waals surface area contributed by atoms with Crippen molar-refractivity contribution in [2.75, 3.05) is 5.32 Å². The summed E-state index contributed by atoms with van der Waals surface area (Å²) in [7, 11) is 0. The summed E-state index contributed by atoms with van der Waals surface area (Å²) >= 11 is 0. The van der Waals surface area contributed by atoms with Gasteiger partial charge in [-0.25, -0.2) is 0 Å². The van der Waals surface area contributed by atoms with Gasteiger partial charge in [0, 0.05) is 6.07 Å². The first-order chi connectivity index (χ1) is 9.90. The van der Waals surface area contributed by atoms with Gasteiger partial charge in [-0.1, -0.05) is 12.1 Å². The van der Waals surface area contributed by atoms with Crippen molar-refractivity contribution in [1.82, 2.24) is 0 Å². The maximum atomic E-state index is 11.1. The van der Waals surface area contributed by atoms with E-state index in [-0.39, 0.29) is 22.8 Å². The smallest absolute Gasteiger partial charge is 0.299 e. The largest absolute Gasteiger partial charge is 0.506 e. The molecular weight excluding hydrogens is 278 g/mol. The second-order valence-electron chi connectivity index (χ2n) is 4.31. The van der Waals surface area contributed by atoms with Gasteiger partial charge in [0.2, 0.25) is 0 Å². The molecule has 0 unspecified atom stereocenters. The van der Waals surface area contributed by atoms with Crippen molar-refractivity contribution in [3.8, 4) is 5.75 Å². The van der Waals surface area contributed by atoms with Crippen molar-refractivity contribution in [3.05, 3.63) is 62.2 Å². The summed E-state index contributed by atoms with van der Waals surface area (Å²) < 4.78 is 0. The molecule has 0 aliphatic rings. The second-order valence-corrected chi connectivity index (χ2v) is 4.31. The topological polar surface area (TPSA) is 119 Å². The number of nitro groups is 2. The fourth-order valence-electron chi connectivity index (χ4n) is 1.88. The first-order valence-corrected chi connectivity index (χ1v) is 5.88. The van der Waals surface area contributed by atoms with E-state index < -0.39 is 15.5 Å². The van der Waals surface area contributed by atoms with Crippen molar-refractivity contribution in [2.24, 2.45) is 0 Å². The van der Waals surface area contributed by atoms with E-state index in [1.54, 1.807) is 18.2 Å². The Morgan fingerprint density at radius 2 is 1.76 bits per heavy atom. The Morgan fingerprint density at radius 3 is 2.33 bits per heavy atom. The fraction of sp³-hybridized carbons (Fsp3) is 0.0769. The number of benzene rings is 2. The van der Waals surface area contributed by atoms with Gasteiger partial charge in [0.1, 0.15) is 11.4 Å². The van der Waals surface area contributed by atoms with E-state index in [2.05, 4.69) is 5.32 Å². The number of nitrogens with one attached hydrogen (secondary N) is 1. The standard InChI is InChI=1S/C13H11N3O5/c1-8-6-9(15(18)19)7-11(16(20)21)13(8)14-10-4-2-3-5-12(10)17/h2-7,14,17H,1H3. The van der Waals surface area contributed by atoms with Crippen molar-refractivity contribution >= 4 is 22.7 Å². The third-order valence-electron chi connectivity index (χ3n) is 2.87. The summed E-state index contributed by atoms with van der Waals surface area (Å²) in [6.45, 7) is 1.52. The summed E-state index contributed by atoms with van der Waals surface area (Å²) in [5.41, 5.74) is -0.0733. The molecule has 8 nitrogen and oxygen atoms in total. The highest BCUT2D eigenvalue weighted by atomic mass is 16.6. The quantitative estimate of drug-likeness (QED) is 0.506. The van der Waals surface area contributed by atoms with Crippen LogP contribution in [-0.2, 0) is 0 Å². The zero-order chi connectivity index (χ0) is 15.6. The molecule has 0 saturated heterocycles. The van der Waals surface area contributed by atoms with Crippen LogP contribution in [0.3, 0.4) is 0 Å². The molecule has 0 atom stereocenters. The molecule has 0 radical (unpaired) electrons. The first-order valence-electron chi connectivity index (χ1n) is 5.88. The molecule has 0 aliphatic carbocycles. The third-order valence-corrected chi connectivity index (χ3v) is 2.87. The highest BCUT2D eigenvalue weighted by molar-refractivity contribution is 5.77. The van der Waals surface area contributed by atoms with Crippen LogP contribution in [0.2, 0.25) is 0 Å². The Balaban J connectivity index is 2.55. The number of non-ortho nitro benzene ring substituents is 1. The van der Waals surface area contributed by atoms with Crippen LogP contribution in [-0.4, -0.2) is 15.0 Å². The number of para-hydroxylation sites is 2. The molecule has 8 heteroatoms. The van der Waals surface area contributed by atoms with Crippen LogP contribution < -0.4 is 5.32 Å². The molecule has 0 amide bonds. The molecule has 2 N–H and O–H groups in total. The van der Waals surface area contributed by atoms with E-state index >= 15 is 0 Å². The molecule has 0 heterocycles. The number of phenols is 1. The molecule has 2 aromatic carbocycles. The van der Waals surface area contributed by atoms with Crippen molar-refractivity contribution < 1.29 is 15.0 Å². The van der Waals surface area contributed by atoms with Gasteiger partial charge >= 0.3 is 0 Å². The van der Waals surface area contributed by atoms with Crippen molar-refractivity contribution in [1.29, 1.82) is 0 Å². The van der Waals surface area contributed by atoms with Gasteiger partial charge in [-0.05, 0) is 24.6 Å². The average molecular weight is 289 g/mol. The Bertz CT molecular complexity index is 730. The molecule has 108 valence electrons. The third kappa shape index (κ3) is 2.89. The number of hydrogen-bond donors (Lipinski definition) is 2. The normalized spacial score (nSPS) is 10.1. The Labute approximate surface area is 119 Å². The van der Waals surface area contributed by atoms with Crippen LogP contribution in [0.5, 0.6) is 5.75 Å². The van der Waals surface area contributed by atoms with Gasteiger partial charge in [0.05, 0.1) is 21.6 Å². The van der Waals surface area contributed by atoms with E-state index in [1.807, 2.05) is 0 Å². The molecule has 0 saturated carbocycles. The van der Waals surface area contributed by atoms with E-state index in [0.29, 0.717) is 5.56 Å². The van der Waals surface area contributed by atoms with Gasteiger partial charge in [-0.3, -0.25) is 20.2 Å². The van der Waals surface area contributed by atoms with E-state index in [0.717, 1.165) is 6.07 Å². The van der Waals surface area contributed by atoms with E-state index in [1.165, 1.54) is 19.1 Å². The average Bonchev–Trinajstić information content (AvgIpc) is 2.42. The maximum absolute atomic E-state index is 11.1. The molecule has 21 heavy (non-hydrogen) atoms. The number of hydrogen-bond acceptors (Lipinski definition) is 6. The SMILES string of the molecule is Cc1cc([N+](=O)[O-])cc([N+](=O)[O-])c1Nc1ccccc1O. The van der Waals surface area contributed by atoms with E-state index in [9.17, 15) is 25.3 Å². The first kappa shape index (κ1) is 14.3. The number of anilines is 2. The molecule has 0 fully saturated rings. The van der Waals surface area contributed by atoms with Crippen LogP contribution >= 0.6 is 0 Å². The summed E-state index contributed by atoms with van der Waals surface area (Å²) in [6, 6.07) is 8.34. The monoisotopic (exact) mass is 289 g/mol. The van der Waals surface area contributed by atoms with Gasteiger partial charge in [-0.2, -0.15) is 0 Å². The minimum Gasteiger partial charge on any atom is -0.506 e.